The third kappa shape index (κ3) is 4.55. The Morgan fingerprint density at radius 2 is 1.94 bits per heavy atom. The van der Waals surface area contributed by atoms with E-state index in [0.717, 1.165) is 25.3 Å². The number of amides is 1. The van der Waals surface area contributed by atoms with Crippen molar-refractivity contribution in [3.05, 3.63) is 53.1 Å². The average Bonchev–Trinajstić information content (AvgIpc) is 2.68. The molecular weight excluding hydrogens is 446 g/mol. The lowest BCUT2D eigenvalue weighted by molar-refractivity contribution is -0.208. The molecule has 172 valence electrons. The zero-order chi connectivity index (χ0) is 23.8. The summed E-state index contributed by atoms with van der Waals surface area (Å²) in [6.45, 7) is 1.11. The van der Waals surface area contributed by atoms with Crippen molar-refractivity contribution in [2.24, 2.45) is 10.7 Å². The number of nitrogens with two attached hydrogens (primary N) is 1. The fourth-order valence-corrected chi connectivity index (χ4v) is 3.16. The Morgan fingerprint density at radius 3 is 2.53 bits per heavy atom. The molecule has 0 spiro atoms. The molecule has 0 bridgehead atoms. The van der Waals surface area contributed by atoms with Crippen LogP contribution in [0, 0.1) is 17.5 Å². The van der Waals surface area contributed by atoms with Crippen LogP contribution in [0.25, 0.3) is 0 Å². The van der Waals surface area contributed by atoms with E-state index in [-0.39, 0.29) is 11.4 Å². The zero-order valence-electron chi connectivity index (χ0n) is 16.6. The van der Waals surface area contributed by atoms with Gasteiger partial charge in [-0.15, -0.1) is 0 Å². The number of ether oxygens (including phenoxy) is 2. The molecule has 2 atom stereocenters. The van der Waals surface area contributed by atoms with E-state index in [0.29, 0.717) is 6.07 Å². The number of aliphatic imine (C=N–C) groups is 1. The zero-order valence-corrected chi connectivity index (χ0v) is 16.6. The molecule has 1 aliphatic heterocycles. The number of amidine groups is 1. The number of nitrogens with one attached hydrogen (secondary N) is 1. The van der Waals surface area contributed by atoms with Crippen molar-refractivity contribution in [1.29, 1.82) is 0 Å². The summed E-state index contributed by atoms with van der Waals surface area (Å²) in [5.41, 5.74) is 1.71. The van der Waals surface area contributed by atoms with E-state index in [1.165, 1.54) is 7.11 Å². The maximum Gasteiger partial charge on any atom is 0.425 e. The Labute approximate surface area is 177 Å². The number of pyridine rings is 1. The molecule has 1 aliphatic rings. The number of hydrogen-bond acceptors (Lipinski definition) is 6. The van der Waals surface area contributed by atoms with Gasteiger partial charge in [0.05, 0.1) is 18.8 Å². The second-order valence-corrected chi connectivity index (χ2v) is 7.06. The van der Waals surface area contributed by atoms with Gasteiger partial charge < -0.3 is 20.5 Å². The van der Waals surface area contributed by atoms with Crippen LogP contribution in [0.2, 0.25) is 0 Å². The highest BCUT2D eigenvalue weighted by atomic mass is 19.4. The molecule has 0 saturated carbocycles. The van der Waals surface area contributed by atoms with Gasteiger partial charge in [0.25, 0.3) is 11.9 Å². The normalized spacial score (nSPS) is 20.9. The predicted molar refractivity (Wildman–Crippen MR) is 99.6 cm³/mol. The first-order valence-electron chi connectivity index (χ1n) is 8.93. The SMILES string of the molecule is COc1cnc(C(=O)Nc2cc(F)c(F)c([C@@]3(C)C[C@@H](C(F)(F)F)OC(N)=N3)c2)c(F)c1. The molecule has 2 aromatic rings. The molecular formula is C19H16F6N4O3. The van der Waals surface area contributed by atoms with E-state index in [9.17, 15) is 31.1 Å². The lowest BCUT2D eigenvalue weighted by Gasteiger charge is -2.36. The van der Waals surface area contributed by atoms with Gasteiger partial charge in [-0.3, -0.25) is 4.79 Å². The van der Waals surface area contributed by atoms with Gasteiger partial charge >= 0.3 is 6.18 Å². The summed E-state index contributed by atoms with van der Waals surface area (Å²) in [6.07, 6.45) is -7.10. The van der Waals surface area contributed by atoms with Gasteiger partial charge in [-0.1, -0.05) is 0 Å². The molecule has 1 aromatic heterocycles. The second kappa shape index (κ2) is 8.20. The molecule has 1 amide bonds. The highest BCUT2D eigenvalue weighted by molar-refractivity contribution is 6.03. The third-order valence-electron chi connectivity index (χ3n) is 4.70. The number of carbonyl (C=O) groups excluding carboxylic acids is 1. The molecule has 13 heteroatoms. The van der Waals surface area contributed by atoms with Gasteiger partial charge in [-0.25, -0.2) is 23.1 Å². The van der Waals surface area contributed by atoms with Gasteiger partial charge in [-0.2, -0.15) is 13.2 Å². The number of methoxy groups -OCH3 is 1. The quantitative estimate of drug-likeness (QED) is 0.677. The minimum atomic E-state index is -4.85. The van der Waals surface area contributed by atoms with E-state index < -0.39 is 64.9 Å². The van der Waals surface area contributed by atoms with E-state index >= 15 is 0 Å². The molecule has 0 saturated heterocycles. The topological polar surface area (TPSA) is 98.8 Å². The first-order chi connectivity index (χ1) is 14.8. The minimum Gasteiger partial charge on any atom is -0.495 e. The van der Waals surface area contributed by atoms with Crippen LogP contribution in [-0.2, 0) is 10.3 Å². The molecule has 32 heavy (non-hydrogen) atoms. The van der Waals surface area contributed by atoms with Crippen molar-refractivity contribution in [1.82, 2.24) is 4.98 Å². The molecule has 0 radical (unpaired) electrons. The lowest BCUT2D eigenvalue weighted by atomic mass is 9.85. The van der Waals surface area contributed by atoms with Crippen molar-refractivity contribution >= 4 is 17.6 Å². The number of anilines is 1. The number of aromatic nitrogens is 1. The van der Waals surface area contributed by atoms with Crippen molar-refractivity contribution in [3.8, 4) is 5.75 Å². The summed E-state index contributed by atoms with van der Waals surface area (Å²) in [5, 5.41) is 2.13. The molecule has 1 aromatic carbocycles. The summed E-state index contributed by atoms with van der Waals surface area (Å²) in [5.74, 6) is -5.09. The third-order valence-corrected chi connectivity index (χ3v) is 4.70. The molecule has 0 aliphatic carbocycles. The number of carbonyl (C=O) groups is 1. The van der Waals surface area contributed by atoms with Crippen LogP contribution in [0.1, 0.15) is 29.4 Å². The van der Waals surface area contributed by atoms with Crippen LogP contribution in [0.3, 0.4) is 0 Å². The Balaban J connectivity index is 1.98. The minimum absolute atomic E-state index is 0.0382. The van der Waals surface area contributed by atoms with Crippen molar-refractivity contribution < 1.29 is 40.6 Å². The number of halogens is 6. The summed E-state index contributed by atoms with van der Waals surface area (Å²) in [6, 6.07) is 1.48. The Bertz CT molecular complexity index is 1090. The number of benzene rings is 1. The molecule has 3 rings (SSSR count). The number of nitrogens with zero attached hydrogens (tertiary/aromatic N) is 2. The van der Waals surface area contributed by atoms with Crippen LogP contribution in [0.15, 0.2) is 29.4 Å². The van der Waals surface area contributed by atoms with Crippen molar-refractivity contribution in [3.63, 3.8) is 0 Å². The van der Waals surface area contributed by atoms with Crippen LogP contribution in [-0.4, -0.2) is 36.3 Å². The Hall–Kier alpha value is -3.51. The number of rotatable bonds is 4. The molecule has 0 fully saturated rings. The number of hydrogen-bond donors (Lipinski definition) is 2. The fraction of sp³-hybridized carbons (Fsp3) is 0.316. The molecule has 2 heterocycles. The highest BCUT2D eigenvalue weighted by Gasteiger charge is 2.50. The standard InChI is InChI=1S/C19H16F6N4O3/c1-18(6-13(19(23,24)25)32-17(26)29-18)10-3-8(4-11(20)14(10)22)28-16(30)15-12(21)5-9(31-2)7-27-15/h3-5,7,13H,6H2,1-2H3,(H2,26,29)(H,28,30)/t13-,18+/m0/s1. The molecule has 3 N–H and O–H groups in total. The van der Waals surface area contributed by atoms with E-state index in [1.54, 1.807) is 0 Å². The molecule has 7 nitrogen and oxygen atoms in total. The first-order valence-corrected chi connectivity index (χ1v) is 8.93. The van der Waals surface area contributed by atoms with Gasteiger partial charge in [0, 0.05) is 29.8 Å². The summed E-state index contributed by atoms with van der Waals surface area (Å²) in [7, 11) is 1.26. The van der Waals surface area contributed by atoms with E-state index in [1.807, 2.05) is 0 Å². The Kier molecular flexibility index (Phi) is 5.94. The monoisotopic (exact) mass is 462 g/mol. The van der Waals surface area contributed by atoms with Crippen LogP contribution in [0.4, 0.5) is 32.0 Å². The van der Waals surface area contributed by atoms with E-state index in [4.69, 9.17) is 10.5 Å². The second-order valence-electron chi connectivity index (χ2n) is 7.06. The van der Waals surface area contributed by atoms with Crippen LogP contribution in [0.5, 0.6) is 5.75 Å². The number of alkyl halides is 3. The highest BCUT2D eigenvalue weighted by Crippen LogP contribution is 2.41. The maximum atomic E-state index is 14.6. The van der Waals surface area contributed by atoms with Gasteiger partial charge in [-0.05, 0) is 13.0 Å². The van der Waals surface area contributed by atoms with E-state index in [2.05, 4.69) is 20.0 Å². The van der Waals surface area contributed by atoms with Crippen LogP contribution < -0.4 is 15.8 Å². The van der Waals surface area contributed by atoms with Gasteiger partial charge in [0.15, 0.2) is 29.2 Å². The van der Waals surface area contributed by atoms with Crippen LogP contribution >= 0.6 is 0 Å². The van der Waals surface area contributed by atoms with Gasteiger partial charge in [0.1, 0.15) is 5.75 Å². The summed E-state index contributed by atoms with van der Waals surface area (Å²) >= 11 is 0. The lowest BCUT2D eigenvalue weighted by Crippen LogP contribution is -2.46. The summed E-state index contributed by atoms with van der Waals surface area (Å²) < 4.78 is 91.7. The van der Waals surface area contributed by atoms with Crippen molar-refractivity contribution in [2.45, 2.75) is 31.2 Å². The average molecular weight is 462 g/mol. The van der Waals surface area contributed by atoms with Gasteiger partial charge in [0.2, 0.25) is 0 Å². The summed E-state index contributed by atoms with van der Waals surface area (Å²) in [4.78, 5) is 19.7. The largest absolute Gasteiger partial charge is 0.495 e. The van der Waals surface area contributed by atoms with Crippen molar-refractivity contribution in [2.75, 3.05) is 12.4 Å². The first kappa shape index (κ1) is 23.2. The predicted octanol–water partition coefficient (Wildman–Crippen LogP) is 3.64. The Morgan fingerprint density at radius 1 is 1.25 bits per heavy atom. The molecule has 0 unspecified atom stereocenters. The maximum absolute atomic E-state index is 14.6. The fourth-order valence-electron chi connectivity index (χ4n) is 3.16. The smallest absolute Gasteiger partial charge is 0.425 e.